The summed E-state index contributed by atoms with van der Waals surface area (Å²) in [6.07, 6.45) is -1.63. The fourth-order valence-corrected chi connectivity index (χ4v) is 2.55. The second kappa shape index (κ2) is 12.1. The van der Waals surface area contributed by atoms with E-state index >= 15 is 0 Å². The van der Waals surface area contributed by atoms with Crippen molar-refractivity contribution in [3.05, 3.63) is 64.9 Å². The maximum absolute atomic E-state index is 9.77. The highest BCUT2D eigenvalue weighted by Gasteiger charge is 2.29. The molecule has 158 valence electrons. The minimum Gasteiger partial charge on any atom is -0.479 e. The Morgan fingerprint density at radius 2 is 1.55 bits per heavy atom. The Bertz CT molecular complexity index is 752. The van der Waals surface area contributed by atoms with E-state index in [1.165, 1.54) is 5.56 Å². The molecule has 4 N–H and O–H groups in total. The second-order valence-electron chi connectivity index (χ2n) is 6.52. The van der Waals surface area contributed by atoms with Gasteiger partial charge >= 0.3 is 11.9 Å². The van der Waals surface area contributed by atoms with E-state index in [1.807, 2.05) is 30.5 Å². The average Bonchev–Trinajstić information content (AvgIpc) is 2.69. The molecule has 2 rings (SSSR count). The molecular formula is C20H25ClN2O6. The molecule has 9 heteroatoms. The van der Waals surface area contributed by atoms with Gasteiger partial charge in [0.25, 0.3) is 0 Å². The summed E-state index contributed by atoms with van der Waals surface area (Å²) >= 11 is 5.97. The molecule has 0 radical (unpaired) electrons. The Kier molecular flexibility index (Phi) is 10.3. The Balaban J connectivity index is 0.000000359. The molecule has 0 amide bonds. The third kappa shape index (κ3) is 8.57. The van der Waals surface area contributed by atoms with E-state index < -0.39 is 24.1 Å². The zero-order chi connectivity index (χ0) is 22.0. The Labute approximate surface area is 174 Å². The second-order valence-corrected chi connectivity index (χ2v) is 6.95. The SMILES string of the molecule is CN(C)CCC(c1ccc(Cl)cc1)c1ccccn1.O=C(O)C(O)C(O)C(=O)O. The van der Waals surface area contributed by atoms with E-state index in [-0.39, 0.29) is 0 Å². The first kappa shape index (κ1) is 24.5. The summed E-state index contributed by atoms with van der Waals surface area (Å²) in [5, 5.41) is 33.3. The van der Waals surface area contributed by atoms with Crippen molar-refractivity contribution in [1.29, 1.82) is 0 Å². The molecule has 0 aliphatic rings. The lowest BCUT2D eigenvalue weighted by atomic mass is 9.92. The molecule has 2 aromatic rings. The fraction of sp³-hybridized carbons (Fsp3) is 0.350. The molecule has 0 fully saturated rings. The van der Waals surface area contributed by atoms with Crippen molar-refractivity contribution in [3.8, 4) is 0 Å². The van der Waals surface area contributed by atoms with Gasteiger partial charge in [-0.1, -0.05) is 29.8 Å². The molecule has 29 heavy (non-hydrogen) atoms. The monoisotopic (exact) mass is 424 g/mol. The van der Waals surface area contributed by atoms with Crippen LogP contribution in [0.5, 0.6) is 0 Å². The van der Waals surface area contributed by atoms with Gasteiger partial charge in [0.1, 0.15) is 0 Å². The normalized spacial score (nSPS) is 13.7. The van der Waals surface area contributed by atoms with Crippen LogP contribution in [-0.4, -0.2) is 75.1 Å². The first-order chi connectivity index (χ1) is 13.6. The number of aliphatic hydroxyl groups excluding tert-OH is 2. The molecule has 1 aromatic carbocycles. The van der Waals surface area contributed by atoms with E-state index in [9.17, 15) is 9.59 Å². The molecule has 0 aliphatic heterocycles. The van der Waals surface area contributed by atoms with Gasteiger partial charge in [-0.05, 0) is 56.9 Å². The van der Waals surface area contributed by atoms with Crippen LogP contribution in [0.1, 0.15) is 23.6 Å². The van der Waals surface area contributed by atoms with Crippen molar-refractivity contribution < 1.29 is 30.0 Å². The minimum absolute atomic E-state index is 0.320. The van der Waals surface area contributed by atoms with Crippen LogP contribution in [0.15, 0.2) is 48.7 Å². The number of carboxylic acid groups (broad SMARTS) is 2. The third-order valence-corrected chi connectivity index (χ3v) is 4.24. The molecule has 8 nitrogen and oxygen atoms in total. The number of aliphatic hydroxyl groups is 2. The van der Waals surface area contributed by atoms with Gasteiger partial charge in [0.05, 0.1) is 0 Å². The van der Waals surface area contributed by atoms with Gasteiger partial charge < -0.3 is 25.3 Å². The smallest absolute Gasteiger partial charge is 0.335 e. The van der Waals surface area contributed by atoms with Crippen molar-refractivity contribution in [1.82, 2.24) is 9.88 Å². The summed E-state index contributed by atoms with van der Waals surface area (Å²) in [4.78, 5) is 26.2. The summed E-state index contributed by atoms with van der Waals surface area (Å²) in [5.74, 6) is -3.22. The van der Waals surface area contributed by atoms with Crippen molar-refractivity contribution in [2.45, 2.75) is 24.5 Å². The average molecular weight is 425 g/mol. The van der Waals surface area contributed by atoms with Crippen LogP contribution >= 0.6 is 11.6 Å². The molecular weight excluding hydrogens is 400 g/mol. The van der Waals surface area contributed by atoms with Crippen molar-refractivity contribution in [3.63, 3.8) is 0 Å². The fourth-order valence-electron chi connectivity index (χ4n) is 2.42. The Morgan fingerprint density at radius 3 is 1.97 bits per heavy atom. The van der Waals surface area contributed by atoms with Gasteiger partial charge in [0.2, 0.25) is 0 Å². The molecule has 0 saturated carbocycles. The number of nitrogens with zero attached hydrogens (tertiary/aromatic N) is 2. The minimum atomic E-state index is -2.27. The number of rotatable bonds is 8. The van der Waals surface area contributed by atoms with Gasteiger partial charge in [-0.25, -0.2) is 9.59 Å². The van der Waals surface area contributed by atoms with Crippen LogP contribution in [0, 0.1) is 0 Å². The number of halogens is 1. The molecule has 0 saturated heterocycles. The largest absolute Gasteiger partial charge is 0.479 e. The highest BCUT2D eigenvalue weighted by molar-refractivity contribution is 6.30. The van der Waals surface area contributed by atoms with Crippen LogP contribution < -0.4 is 0 Å². The Morgan fingerprint density at radius 1 is 1.00 bits per heavy atom. The van der Waals surface area contributed by atoms with E-state index in [0.717, 1.165) is 23.7 Å². The molecule has 3 unspecified atom stereocenters. The summed E-state index contributed by atoms with van der Waals surface area (Å²) < 4.78 is 0. The van der Waals surface area contributed by atoms with Crippen molar-refractivity contribution in [2.24, 2.45) is 0 Å². The van der Waals surface area contributed by atoms with Gasteiger partial charge in [0.15, 0.2) is 12.2 Å². The topological polar surface area (TPSA) is 131 Å². The molecule has 0 aliphatic carbocycles. The number of benzene rings is 1. The molecule has 0 bridgehead atoms. The number of carboxylic acids is 2. The standard InChI is InChI=1S/C16H19ClN2.C4H6O6/c1-19(2)12-10-15(16-5-3-4-11-18-16)13-6-8-14(17)9-7-13;5-1(3(7)8)2(6)4(9)10/h3-9,11,15H,10,12H2,1-2H3;1-2,5-6H,(H,7,8)(H,9,10). The van der Waals surface area contributed by atoms with Gasteiger partial charge in [-0.2, -0.15) is 0 Å². The lowest BCUT2D eigenvalue weighted by molar-refractivity contribution is -0.165. The lowest BCUT2D eigenvalue weighted by Crippen LogP contribution is -2.39. The third-order valence-electron chi connectivity index (χ3n) is 3.99. The predicted molar refractivity (Wildman–Crippen MR) is 108 cm³/mol. The van der Waals surface area contributed by atoms with Gasteiger partial charge in [0, 0.05) is 22.8 Å². The highest BCUT2D eigenvalue weighted by atomic mass is 35.5. The Hall–Kier alpha value is -2.52. The number of carbonyl (C=O) groups is 2. The van der Waals surface area contributed by atoms with Crippen LogP contribution in [0.3, 0.4) is 0 Å². The number of aromatic nitrogens is 1. The van der Waals surface area contributed by atoms with Gasteiger partial charge in [-0.3, -0.25) is 4.98 Å². The summed E-state index contributed by atoms with van der Waals surface area (Å²) in [5.41, 5.74) is 2.39. The summed E-state index contributed by atoms with van der Waals surface area (Å²) in [6.45, 7) is 1.03. The van der Waals surface area contributed by atoms with Crippen LogP contribution in [0.25, 0.3) is 0 Å². The van der Waals surface area contributed by atoms with Crippen LogP contribution in [0.4, 0.5) is 0 Å². The molecule has 1 heterocycles. The molecule has 1 aromatic heterocycles. The number of pyridine rings is 1. The van der Waals surface area contributed by atoms with Crippen LogP contribution in [0.2, 0.25) is 5.02 Å². The first-order valence-electron chi connectivity index (χ1n) is 8.76. The maximum atomic E-state index is 9.77. The zero-order valence-corrected chi connectivity index (χ0v) is 16.9. The van der Waals surface area contributed by atoms with Crippen LogP contribution in [-0.2, 0) is 9.59 Å². The van der Waals surface area contributed by atoms with Crippen molar-refractivity contribution >= 4 is 23.5 Å². The van der Waals surface area contributed by atoms with Gasteiger partial charge in [-0.15, -0.1) is 0 Å². The number of hydrogen-bond donors (Lipinski definition) is 4. The summed E-state index contributed by atoms with van der Waals surface area (Å²) in [7, 11) is 4.19. The van der Waals surface area contributed by atoms with Crippen molar-refractivity contribution in [2.75, 3.05) is 20.6 Å². The quantitative estimate of drug-likeness (QED) is 0.503. The first-order valence-corrected chi connectivity index (χ1v) is 9.14. The highest BCUT2D eigenvalue weighted by Crippen LogP contribution is 2.27. The summed E-state index contributed by atoms with van der Waals surface area (Å²) in [6, 6.07) is 14.2. The van der Waals surface area contributed by atoms with E-state index in [2.05, 4.69) is 42.2 Å². The number of aliphatic carboxylic acids is 2. The van der Waals surface area contributed by atoms with E-state index in [1.54, 1.807) is 0 Å². The van der Waals surface area contributed by atoms with E-state index in [4.69, 9.17) is 32.0 Å². The zero-order valence-electron chi connectivity index (χ0n) is 16.1. The molecule has 3 atom stereocenters. The molecule has 0 spiro atoms. The number of hydrogen-bond acceptors (Lipinski definition) is 6. The van der Waals surface area contributed by atoms with E-state index in [0.29, 0.717) is 5.92 Å². The lowest BCUT2D eigenvalue weighted by Gasteiger charge is -2.19. The predicted octanol–water partition coefficient (Wildman–Crippen LogP) is 1.70. The maximum Gasteiger partial charge on any atom is 0.335 e.